The van der Waals surface area contributed by atoms with E-state index in [4.69, 9.17) is 5.11 Å². The van der Waals surface area contributed by atoms with Crippen LogP contribution in [0, 0.1) is 62.6 Å². The number of hydrogen-bond donors (Lipinski definition) is 3. The molecule has 0 bridgehead atoms. The summed E-state index contributed by atoms with van der Waals surface area (Å²) in [7, 11) is 0. The van der Waals surface area contributed by atoms with Crippen LogP contribution in [-0.4, -0.2) is 59.1 Å². The molecule has 52 heavy (non-hydrogen) atoms. The summed E-state index contributed by atoms with van der Waals surface area (Å²) >= 11 is 0. The minimum atomic E-state index is -0.880. The Balaban J connectivity index is 1.24. The predicted octanol–water partition coefficient (Wildman–Crippen LogP) is 9.42. The second-order valence-electron chi connectivity index (χ2n) is 19.4. The Hall–Kier alpha value is -2.67. The van der Waals surface area contributed by atoms with Crippen LogP contribution < -0.4 is 5.32 Å². The average Bonchev–Trinajstić information content (AvgIpc) is 3.49. The van der Waals surface area contributed by atoms with Gasteiger partial charge < -0.3 is 20.4 Å². The maximum atomic E-state index is 14.6. The first-order chi connectivity index (χ1) is 24.5. The molecule has 0 unspecified atom stereocenters. The molecule has 0 saturated heterocycles. The lowest BCUT2D eigenvalue weighted by atomic mass is 9.32. The van der Waals surface area contributed by atoms with Gasteiger partial charge in [-0.25, -0.2) is 4.79 Å². The van der Waals surface area contributed by atoms with Gasteiger partial charge in [-0.05, 0) is 158 Å². The molecule has 1 amide bonds. The molecule has 1 aromatic carbocycles. The number of likely N-dealkylation sites (N-methyl/N-ethyl adjacent to an activating group) is 1. The second kappa shape index (κ2) is 14.2. The maximum absolute atomic E-state index is 14.6. The first-order valence-corrected chi connectivity index (χ1v) is 20.7. The molecule has 0 aliphatic heterocycles. The average molecular weight is 717 g/mol. The van der Waals surface area contributed by atoms with Gasteiger partial charge in [0.25, 0.3) is 0 Å². The van der Waals surface area contributed by atoms with Crippen LogP contribution in [0.1, 0.15) is 142 Å². The number of allylic oxidation sites excluding steroid dienone is 2. The number of aliphatic carboxylic acids is 1. The molecule has 9 atom stereocenters. The van der Waals surface area contributed by atoms with E-state index in [1.165, 1.54) is 31.3 Å². The van der Waals surface area contributed by atoms with E-state index in [1.807, 2.05) is 12.1 Å². The third-order valence-corrected chi connectivity index (χ3v) is 16.8. The molecule has 1 aromatic rings. The van der Waals surface area contributed by atoms with Gasteiger partial charge in [0, 0.05) is 19.5 Å². The molecule has 0 aromatic heterocycles. The fourth-order valence-electron chi connectivity index (χ4n) is 14.1. The SMILES string of the molecule is CCN(CCCC(=O)O)CCNC(=O)[C@]12CC[C@@H](C(C)C)[C@@H]1[C@H]1CC[C@@H]3[C@@]4(C)CC=C(c5ccc(C(=O)O)cc5)C(C)(C)[C@@H]4CC[C@@]3(C)[C@]1(C)CC2. The van der Waals surface area contributed by atoms with Gasteiger partial charge in [-0.15, -0.1) is 0 Å². The van der Waals surface area contributed by atoms with Crippen LogP contribution in [0.3, 0.4) is 0 Å². The summed E-state index contributed by atoms with van der Waals surface area (Å²) in [4.78, 5) is 39.4. The van der Waals surface area contributed by atoms with Crippen LogP contribution in [0.25, 0.3) is 5.57 Å². The summed E-state index contributed by atoms with van der Waals surface area (Å²) in [6.45, 7) is 22.7. The zero-order valence-electron chi connectivity index (χ0n) is 33.5. The third kappa shape index (κ3) is 6.17. The smallest absolute Gasteiger partial charge is 0.335 e. The molecule has 0 heterocycles. The maximum Gasteiger partial charge on any atom is 0.335 e. The van der Waals surface area contributed by atoms with Gasteiger partial charge in [0.2, 0.25) is 5.91 Å². The summed E-state index contributed by atoms with van der Waals surface area (Å²) in [5.74, 6) is 1.90. The number of hydrogen-bond acceptors (Lipinski definition) is 4. The Bertz CT molecular complexity index is 1550. The van der Waals surface area contributed by atoms with E-state index in [1.54, 1.807) is 12.1 Å². The molecule has 6 rings (SSSR count). The fraction of sp³-hybridized carbons (Fsp3) is 0.756. The lowest BCUT2D eigenvalue weighted by Crippen LogP contribution is -2.66. The first kappa shape index (κ1) is 39.0. The van der Waals surface area contributed by atoms with E-state index >= 15 is 0 Å². The number of carboxylic acid groups (broad SMARTS) is 2. The van der Waals surface area contributed by atoms with Crippen molar-refractivity contribution in [2.75, 3.05) is 26.2 Å². The molecule has 4 saturated carbocycles. The lowest BCUT2D eigenvalue weighted by molar-refractivity contribution is -0.227. The largest absolute Gasteiger partial charge is 0.481 e. The highest BCUT2D eigenvalue weighted by molar-refractivity contribution is 5.88. The van der Waals surface area contributed by atoms with Gasteiger partial charge in [-0.1, -0.05) is 73.6 Å². The van der Waals surface area contributed by atoms with E-state index in [-0.39, 0.29) is 39.4 Å². The Morgan fingerprint density at radius 1 is 0.865 bits per heavy atom. The Morgan fingerprint density at radius 2 is 1.58 bits per heavy atom. The number of fused-ring (bicyclic) bond motifs is 7. The van der Waals surface area contributed by atoms with E-state index in [9.17, 15) is 19.5 Å². The quantitative estimate of drug-likeness (QED) is 0.199. The van der Waals surface area contributed by atoms with E-state index in [2.05, 4.69) is 71.7 Å². The van der Waals surface area contributed by atoms with Crippen molar-refractivity contribution in [2.24, 2.45) is 62.6 Å². The number of rotatable bonds is 12. The van der Waals surface area contributed by atoms with Gasteiger partial charge in [-0.2, -0.15) is 0 Å². The molecule has 7 heteroatoms. The minimum Gasteiger partial charge on any atom is -0.481 e. The molecule has 4 fully saturated rings. The standard InChI is InChI=1S/C45H68N2O5/c1-9-47(27-10-11-37(48)49)28-26-46-40(52)45-23-18-32(29(2)3)38(45)34-16-17-36-42(6)21-19-33(30-12-14-31(15-13-30)39(50)51)41(4,5)35(42)20-22-44(36,8)43(34,7)24-25-45/h12-15,19,29,32,34-36,38H,9-11,16-18,20-28H2,1-8H3,(H,46,52)(H,48,49)(H,50,51)/t32-,34+,35-,36+,38+,42-,43+,44+,45-/m0/s1. The molecule has 3 N–H and O–H groups in total. The summed E-state index contributed by atoms with van der Waals surface area (Å²) in [6.07, 6.45) is 13.5. The van der Waals surface area contributed by atoms with E-state index in [0.717, 1.165) is 57.3 Å². The predicted molar refractivity (Wildman–Crippen MR) is 208 cm³/mol. The summed E-state index contributed by atoms with van der Waals surface area (Å²) in [5.41, 5.74) is 3.13. The van der Waals surface area contributed by atoms with E-state index < -0.39 is 11.9 Å². The highest BCUT2D eigenvalue weighted by atomic mass is 16.4. The van der Waals surface area contributed by atoms with Crippen LogP contribution in [-0.2, 0) is 9.59 Å². The minimum absolute atomic E-state index is 0.0194. The van der Waals surface area contributed by atoms with Crippen molar-refractivity contribution in [1.82, 2.24) is 10.2 Å². The molecule has 7 nitrogen and oxygen atoms in total. The number of benzene rings is 1. The van der Waals surface area contributed by atoms with Gasteiger partial charge >= 0.3 is 11.9 Å². The number of carbonyl (C=O) groups is 3. The molecule has 5 aliphatic carbocycles. The molecular formula is C45H68N2O5. The Morgan fingerprint density at radius 3 is 2.21 bits per heavy atom. The Labute approximate surface area is 313 Å². The number of amides is 1. The van der Waals surface area contributed by atoms with Crippen LogP contribution in [0.5, 0.6) is 0 Å². The number of carboxylic acids is 2. The van der Waals surface area contributed by atoms with Crippen molar-refractivity contribution >= 4 is 23.4 Å². The number of carbonyl (C=O) groups excluding carboxylic acids is 1. The topological polar surface area (TPSA) is 107 Å². The van der Waals surface area contributed by atoms with E-state index in [0.29, 0.717) is 54.0 Å². The van der Waals surface area contributed by atoms with Crippen molar-refractivity contribution in [3.8, 4) is 0 Å². The number of aromatic carboxylic acids is 1. The monoisotopic (exact) mass is 717 g/mol. The van der Waals surface area contributed by atoms with Crippen molar-refractivity contribution in [3.63, 3.8) is 0 Å². The molecule has 5 aliphatic rings. The van der Waals surface area contributed by atoms with Crippen LogP contribution in [0.15, 0.2) is 30.3 Å². The normalized spacial score (nSPS) is 37.7. The number of nitrogens with zero attached hydrogens (tertiary/aromatic N) is 1. The molecule has 288 valence electrons. The van der Waals surface area contributed by atoms with Crippen molar-refractivity contribution in [2.45, 2.75) is 126 Å². The lowest BCUT2D eigenvalue weighted by Gasteiger charge is -2.72. The summed E-state index contributed by atoms with van der Waals surface area (Å²) in [5, 5.41) is 22.0. The first-order valence-electron chi connectivity index (χ1n) is 20.7. The van der Waals surface area contributed by atoms with Crippen LogP contribution in [0.4, 0.5) is 0 Å². The van der Waals surface area contributed by atoms with Crippen molar-refractivity contribution in [1.29, 1.82) is 0 Å². The molecule has 0 spiro atoms. The van der Waals surface area contributed by atoms with Gasteiger partial charge in [0.05, 0.1) is 11.0 Å². The summed E-state index contributed by atoms with van der Waals surface area (Å²) < 4.78 is 0. The molecule has 0 radical (unpaired) electrons. The van der Waals surface area contributed by atoms with Crippen molar-refractivity contribution in [3.05, 3.63) is 41.5 Å². The third-order valence-electron chi connectivity index (χ3n) is 16.8. The Kier molecular flexibility index (Phi) is 10.7. The highest BCUT2D eigenvalue weighted by Crippen LogP contribution is 2.77. The fourth-order valence-corrected chi connectivity index (χ4v) is 14.1. The number of nitrogens with one attached hydrogen (secondary N) is 1. The van der Waals surface area contributed by atoms with Crippen LogP contribution >= 0.6 is 0 Å². The van der Waals surface area contributed by atoms with Crippen LogP contribution in [0.2, 0.25) is 0 Å². The van der Waals surface area contributed by atoms with Gasteiger partial charge in [0.1, 0.15) is 0 Å². The zero-order valence-corrected chi connectivity index (χ0v) is 33.5. The second-order valence-corrected chi connectivity index (χ2v) is 19.4. The highest BCUT2D eigenvalue weighted by Gasteiger charge is 2.71. The molecular weight excluding hydrogens is 649 g/mol. The van der Waals surface area contributed by atoms with Crippen molar-refractivity contribution < 1.29 is 24.6 Å². The summed E-state index contributed by atoms with van der Waals surface area (Å²) in [6, 6.07) is 7.53. The van der Waals surface area contributed by atoms with Gasteiger partial charge in [0.15, 0.2) is 0 Å². The van der Waals surface area contributed by atoms with Gasteiger partial charge in [-0.3, -0.25) is 9.59 Å². The zero-order chi connectivity index (χ0) is 37.9.